The zero-order valence-corrected chi connectivity index (χ0v) is 24.5. The molecule has 0 unspecified atom stereocenters. The smallest absolute Gasteiger partial charge is 0.392 e. The molecular formula is C33H33F3N4O5. The zero-order chi connectivity index (χ0) is 31.7. The van der Waals surface area contributed by atoms with Gasteiger partial charge >= 0.3 is 12.1 Å². The first-order valence-corrected chi connectivity index (χ1v) is 14.8. The molecule has 236 valence electrons. The van der Waals surface area contributed by atoms with Gasteiger partial charge in [0, 0.05) is 23.7 Å². The number of halogens is 3. The van der Waals surface area contributed by atoms with Crippen LogP contribution in [0.5, 0.6) is 0 Å². The van der Waals surface area contributed by atoms with Gasteiger partial charge in [-0.2, -0.15) is 13.2 Å². The number of nitrogens with one attached hydrogen (secondary N) is 1. The van der Waals surface area contributed by atoms with Gasteiger partial charge < -0.3 is 29.4 Å². The van der Waals surface area contributed by atoms with Gasteiger partial charge in [-0.25, -0.2) is 4.98 Å². The number of carbonyl (C=O) groups excluding carboxylic acids is 2. The Bertz CT molecular complexity index is 1660. The van der Waals surface area contributed by atoms with Crippen molar-refractivity contribution in [2.24, 2.45) is 5.92 Å². The topological polar surface area (TPSA) is 106 Å². The van der Waals surface area contributed by atoms with Crippen LogP contribution in [-0.2, 0) is 32.2 Å². The second-order valence-corrected chi connectivity index (χ2v) is 11.5. The number of imidazole rings is 1. The number of alkyl halides is 3. The van der Waals surface area contributed by atoms with Crippen molar-refractivity contribution in [2.45, 2.75) is 63.6 Å². The van der Waals surface area contributed by atoms with Crippen molar-refractivity contribution in [2.75, 3.05) is 11.9 Å². The molecule has 2 N–H and O–H groups in total. The van der Waals surface area contributed by atoms with Gasteiger partial charge in [0.1, 0.15) is 6.04 Å². The number of ether oxygens (including phenoxy) is 2. The highest BCUT2D eigenvalue weighted by Crippen LogP contribution is 2.42. The zero-order valence-electron chi connectivity index (χ0n) is 24.5. The third-order valence-corrected chi connectivity index (χ3v) is 8.54. The minimum Gasteiger partial charge on any atom is -0.392 e. The third-order valence-electron chi connectivity index (χ3n) is 8.54. The van der Waals surface area contributed by atoms with Crippen LogP contribution in [0.2, 0.25) is 0 Å². The standard InChI is InChI=1S/C33H33F3N4O5/c1-20-28(17-39-19-37-25-5-2-3-6-26(25)39)44-31(45-29(20)22-10-8-21(18-41)9-11-22)23-12-14-24(15-13-23)38-30(42)27-7-4-16-40(27)32(43)33(34,35)36/h2-3,5-6,8-15,19-20,27-29,31,41H,4,7,16-18H2,1H3,(H,38,42)/t20-,27+,28+,29+,31+/m1/s1. The number of aromatic nitrogens is 2. The van der Waals surface area contributed by atoms with E-state index in [1.54, 1.807) is 30.6 Å². The number of nitrogens with zero attached hydrogens (tertiary/aromatic N) is 3. The molecule has 2 fully saturated rings. The average molecular weight is 623 g/mol. The summed E-state index contributed by atoms with van der Waals surface area (Å²) in [5.41, 5.74) is 4.65. The van der Waals surface area contributed by atoms with Crippen LogP contribution in [0.3, 0.4) is 0 Å². The Morgan fingerprint density at radius 1 is 1.00 bits per heavy atom. The average Bonchev–Trinajstić information content (AvgIpc) is 3.69. The lowest BCUT2D eigenvalue weighted by Crippen LogP contribution is -2.48. The van der Waals surface area contributed by atoms with Crippen molar-refractivity contribution in [1.29, 1.82) is 0 Å². The van der Waals surface area contributed by atoms with Crippen LogP contribution in [0.1, 0.15) is 48.8 Å². The Labute approximate surface area is 257 Å². The van der Waals surface area contributed by atoms with E-state index >= 15 is 0 Å². The summed E-state index contributed by atoms with van der Waals surface area (Å²) in [5.74, 6) is -2.74. The van der Waals surface area contributed by atoms with E-state index in [-0.39, 0.29) is 37.7 Å². The maximum absolute atomic E-state index is 13.0. The number of aliphatic hydroxyl groups is 1. The first-order valence-electron chi connectivity index (χ1n) is 14.8. The first kappa shape index (κ1) is 30.8. The molecule has 0 radical (unpaired) electrons. The molecule has 0 saturated carbocycles. The molecule has 0 spiro atoms. The first-order chi connectivity index (χ1) is 21.6. The molecule has 9 nitrogen and oxygen atoms in total. The van der Waals surface area contributed by atoms with Gasteiger partial charge in [0.05, 0.1) is 42.7 Å². The molecular weight excluding hydrogens is 589 g/mol. The number of para-hydroxylation sites is 2. The summed E-state index contributed by atoms with van der Waals surface area (Å²) < 4.78 is 54.2. The fourth-order valence-corrected chi connectivity index (χ4v) is 6.07. The quantitative estimate of drug-likeness (QED) is 0.282. The molecule has 4 aromatic rings. The number of likely N-dealkylation sites (tertiary alicyclic amines) is 1. The maximum Gasteiger partial charge on any atom is 0.471 e. The highest BCUT2D eigenvalue weighted by Gasteiger charge is 2.47. The van der Waals surface area contributed by atoms with Gasteiger partial charge in [-0.1, -0.05) is 55.5 Å². The lowest BCUT2D eigenvalue weighted by molar-refractivity contribution is -0.276. The summed E-state index contributed by atoms with van der Waals surface area (Å²) in [5, 5.41) is 12.2. The minimum absolute atomic E-state index is 0.0604. The van der Waals surface area contributed by atoms with Crippen molar-refractivity contribution in [1.82, 2.24) is 14.5 Å². The van der Waals surface area contributed by atoms with Gasteiger partial charge in [-0.05, 0) is 48.2 Å². The molecule has 2 amide bonds. The third kappa shape index (κ3) is 6.44. The maximum atomic E-state index is 13.0. The molecule has 2 aliphatic rings. The number of hydrogen-bond donors (Lipinski definition) is 2. The van der Waals surface area contributed by atoms with E-state index in [2.05, 4.69) is 21.8 Å². The van der Waals surface area contributed by atoms with Gasteiger partial charge in [-0.3, -0.25) is 9.59 Å². The Balaban J connectivity index is 1.21. The summed E-state index contributed by atoms with van der Waals surface area (Å²) in [6.07, 6.45) is -4.15. The Hall–Kier alpha value is -4.26. The molecule has 0 aliphatic carbocycles. The molecule has 6 rings (SSSR count). The van der Waals surface area contributed by atoms with E-state index in [0.717, 1.165) is 22.2 Å². The molecule has 2 aliphatic heterocycles. The van der Waals surface area contributed by atoms with Crippen molar-refractivity contribution in [3.05, 3.63) is 95.8 Å². The number of benzene rings is 3. The normalized spacial score (nSPS) is 23.8. The molecule has 3 aromatic carbocycles. The van der Waals surface area contributed by atoms with E-state index in [9.17, 15) is 27.9 Å². The summed E-state index contributed by atoms with van der Waals surface area (Å²) in [6, 6.07) is 21.0. The molecule has 3 heterocycles. The number of aliphatic hydroxyl groups excluding tert-OH is 1. The number of hydrogen-bond acceptors (Lipinski definition) is 6. The fraction of sp³-hybridized carbons (Fsp3) is 0.364. The van der Waals surface area contributed by atoms with Crippen molar-refractivity contribution in [3.63, 3.8) is 0 Å². The second kappa shape index (κ2) is 12.6. The molecule has 45 heavy (non-hydrogen) atoms. The number of rotatable bonds is 7. The summed E-state index contributed by atoms with van der Waals surface area (Å²) in [4.78, 5) is 29.8. The van der Waals surface area contributed by atoms with E-state index in [1.807, 2.05) is 48.5 Å². The highest BCUT2D eigenvalue weighted by atomic mass is 19.4. The molecule has 0 bridgehead atoms. The van der Waals surface area contributed by atoms with Crippen molar-refractivity contribution < 1.29 is 37.3 Å². The Morgan fingerprint density at radius 3 is 2.42 bits per heavy atom. The second-order valence-electron chi connectivity index (χ2n) is 11.5. The van der Waals surface area contributed by atoms with E-state index in [1.165, 1.54) is 0 Å². The summed E-state index contributed by atoms with van der Waals surface area (Å²) >= 11 is 0. The SMILES string of the molecule is C[C@@H]1[C@H](Cn2cnc3ccccc32)O[C@H](c2ccc(NC(=O)[C@@H]3CCCN3C(=O)C(F)(F)F)cc2)O[C@@H]1c1ccc(CO)cc1. The molecule has 12 heteroatoms. The van der Waals surface area contributed by atoms with E-state index < -0.39 is 30.3 Å². The predicted octanol–water partition coefficient (Wildman–Crippen LogP) is 5.51. The molecule has 2 saturated heterocycles. The largest absolute Gasteiger partial charge is 0.471 e. The lowest BCUT2D eigenvalue weighted by Gasteiger charge is -2.41. The van der Waals surface area contributed by atoms with Crippen LogP contribution >= 0.6 is 0 Å². The predicted molar refractivity (Wildman–Crippen MR) is 159 cm³/mol. The van der Waals surface area contributed by atoms with Gasteiger partial charge in [0.15, 0.2) is 6.29 Å². The number of amides is 2. The number of fused-ring (bicyclic) bond motifs is 1. The summed E-state index contributed by atoms with van der Waals surface area (Å²) in [6.45, 7) is 2.41. The fourth-order valence-electron chi connectivity index (χ4n) is 6.07. The van der Waals surface area contributed by atoms with Gasteiger partial charge in [-0.15, -0.1) is 0 Å². The highest BCUT2D eigenvalue weighted by molar-refractivity contribution is 5.98. The van der Waals surface area contributed by atoms with Gasteiger partial charge in [0.25, 0.3) is 0 Å². The molecule has 1 aromatic heterocycles. The van der Waals surface area contributed by atoms with Crippen LogP contribution in [0, 0.1) is 5.92 Å². The van der Waals surface area contributed by atoms with Crippen LogP contribution < -0.4 is 5.32 Å². The van der Waals surface area contributed by atoms with Crippen molar-refractivity contribution >= 4 is 28.5 Å². The Morgan fingerprint density at radius 2 is 1.71 bits per heavy atom. The van der Waals surface area contributed by atoms with Crippen LogP contribution in [0.15, 0.2) is 79.1 Å². The summed E-state index contributed by atoms with van der Waals surface area (Å²) in [7, 11) is 0. The van der Waals surface area contributed by atoms with Crippen molar-refractivity contribution in [3.8, 4) is 0 Å². The lowest BCUT2D eigenvalue weighted by atomic mass is 9.90. The van der Waals surface area contributed by atoms with E-state index in [0.29, 0.717) is 29.1 Å². The van der Waals surface area contributed by atoms with Crippen LogP contribution in [0.25, 0.3) is 11.0 Å². The molecule has 5 atom stereocenters. The number of carbonyl (C=O) groups is 2. The minimum atomic E-state index is -5.04. The van der Waals surface area contributed by atoms with Crippen LogP contribution in [0.4, 0.5) is 18.9 Å². The van der Waals surface area contributed by atoms with Crippen LogP contribution in [-0.4, -0.2) is 56.2 Å². The Kier molecular flexibility index (Phi) is 8.63. The monoisotopic (exact) mass is 622 g/mol. The van der Waals surface area contributed by atoms with Gasteiger partial charge in [0.2, 0.25) is 5.91 Å². The van der Waals surface area contributed by atoms with E-state index in [4.69, 9.17) is 9.47 Å². The number of anilines is 1.